The number of fused-ring (bicyclic) bond motifs is 1. The maximum atomic E-state index is 13.1. The molecule has 2 aromatic rings. The molecule has 4 heterocycles. The quantitative estimate of drug-likeness (QED) is 0.542. The van der Waals surface area contributed by atoms with Crippen molar-refractivity contribution >= 4 is 40.4 Å². The Morgan fingerprint density at radius 3 is 2.43 bits per heavy atom. The molecule has 1 saturated carbocycles. The van der Waals surface area contributed by atoms with E-state index in [4.69, 9.17) is 4.74 Å². The van der Waals surface area contributed by atoms with Gasteiger partial charge in [-0.3, -0.25) is 33.7 Å². The molecular formula is C30H40N6O6. The van der Waals surface area contributed by atoms with Crippen molar-refractivity contribution in [2.24, 2.45) is 18.4 Å². The average Bonchev–Trinajstić information content (AvgIpc) is 3.35. The Kier molecular flexibility index (Phi) is 6.94. The maximum absolute atomic E-state index is 13.1. The molecule has 3 amide bonds. The van der Waals surface area contributed by atoms with Crippen LogP contribution in [0.4, 0.5) is 10.5 Å². The van der Waals surface area contributed by atoms with Crippen LogP contribution in [0.3, 0.4) is 0 Å². The van der Waals surface area contributed by atoms with Gasteiger partial charge in [0.2, 0.25) is 11.8 Å². The number of imidazole rings is 1. The number of benzene rings is 1. The van der Waals surface area contributed by atoms with Crippen molar-refractivity contribution in [1.29, 1.82) is 0 Å². The van der Waals surface area contributed by atoms with Crippen molar-refractivity contribution in [2.45, 2.75) is 58.1 Å². The number of imide groups is 1. The van der Waals surface area contributed by atoms with Crippen molar-refractivity contribution in [3.05, 3.63) is 28.7 Å². The third-order valence-electron chi connectivity index (χ3n) is 9.23. The fourth-order valence-electron chi connectivity index (χ4n) is 7.12. The van der Waals surface area contributed by atoms with Gasteiger partial charge in [0, 0.05) is 71.4 Å². The van der Waals surface area contributed by atoms with Crippen molar-refractivity contribution in [3.8, 4) is 0 Å². The van der Waals surface area contributed by atoms with Gasteiger partial charge in [0.25, 0.3) is 0 Å². The fourth-order valence-corrected chi connectivity index (χ4v) is 7.12. The summed E-state index contributed by atoms with van der Waals surface area (Å²) in [5, 5.41) is 2.35. The summed E-state index contributed by atoms with van der Waals surface area (Å²) in [4.78, 5) is 68.9. The number of anilines is 1. The number of rotatable bonds is 4. The van der Waals surface area contributed by atoms with E-state index in [9.17, 15) is 24.0 Å². The minimum Gasteiger partial charge on any atom is -0.444 e. The first kappa shape index (κ1) is 28.4. The minimum absolute atomic E-state index is 0.210. The molecule has 0 bridgehead atoms. The first-order valence-corrected chi connectivity index (χ1v) is 14.9. The van der Waals surface area contributed by atoms with E-state index >= 15 is 0 Å². The van der Waals surface area contributed by atoms with Crippen LogP contribution < -0.4 is 15.9 Å². The predicted molar refractivity (Wildman–Crippen MR) is 155 cm³/mol. The molecule has 1 spiro atoms. The number of hydrogen-bond donors (Lipinski definition) is 1. The highest BCUT2D eigenvalue weighted by Crippen LogP contribution is 2.46. The molecule has 3 aliphatic heterocycles. The number of piperidine rings is 1. The summed E-state index contributed by atoms with van der Waals surface area (Å²) in [7, 11) is 1.71. The van der Waals surface area contributed by atoms with Crippen LogP contribution in [-0.2, 0) is 26.2 Å². The van der Waals surface area contributed by atoms with E-state index < -0.39 is 23.0 Å². The topological polar surface area (TPSA) is 126 Å². The van der Waals surface area contributed by atoms with E-state index in [1.54, 1.807) is 16.5 Å². The van der Waals surface area contributed by atoms with Gasteiger partial charge in [0.05, 0.1) is 16.4 Å². The predicted octanol–water partition coefficient (Wildman–Crippen LogP) is 1.66. The maximum Gasteiger partial charge on any atom is 0.410 e. The zero-order valence-corrected chi connectivity index (χ0v) is 24.9. The van der Waals surface area contributed by atoms with E-state index in [2.05, 4.69) is 15.1 Å². The summed E-state index contributed by atoms with van der Waals surface area (Å²) in [5.74, 6) is -0.177. The lowest BCUT2D eigenvalue weighted by Crippen LogP contribution is -2.61. The average molecular weight is 581 g/mol. The van der Waals surface area contributed by atoms with Gasteiger partial charge in [-0.2, -0.15) is 0 Å². The molecule has 4 aliphatic rings. The highest BCUT2D eigenvalue weighted by atomic mass is 16.6. The third-order valence-corrected chi connectivity index (χ3v) is 9.23. The first-order chi connectivity index (χ1) is 19.8. The summed E-state index contributed by atoms with van der Waals surface area (Å²) in [5.41, 5.74) is 1.23. The molecule has 2 atom stereocenters. The van der Waals surface area contributed by atoms with E-state index in [0.29, 0.717) is 37.4 Å². The van der Waals surface area contributed by atoms with Crippen LogP contribution in [0.1, 0.15) is 52.5 Å². The summed E-state index contributed by atoms with van der Waals surface area (Å²) in [6, 6.07) is 5.19. The molecule has 6 rings (SSSR count). The van der Waals surface area contributed by atoms with E-state index in [1.807, 2.05) is 39.0 Å². The van der Waals surface area contributed by atoms with Gasteiger partial charge in [-0.15, -0.1) is 0 Å². The van der Waals surface area contributed by atoms with Crippen LogP contribution >= 0.6 is 0 Å². The van der Waals surface area contributed by atoms with Gasteiger partial charge >= 0.3 is 11.8 Å². The van der Waals surface area contributed by atoms with Crippen LogP contribution in [0.2, 0.25) is 0 Å². The monoisotopic (exact) mass is 580 g/mol. The number of aryl methyl sites for hydroxylation is 1. The summed E-state index contributed by atoms with van der Waals surface area (Å²) < 4.78 is 8.53. The lowest BCUT2D eigenvalue weighted by Gasteiger charge is -2.47. The number of carbonyl (C=O) groups excluding carboxylic acids is 4. The number of likely N-dealkylation sites (tertiary alicyclic amines) is 1. The Morgan fingerprint density at radius 2 is 1.76 bits per heavy atom. The molecule has 12 heteroatoms. The Hall–Kier alpha value is -3.67. The lowest BCUT2D eigenvalue weighted by atomic mass is 9.77. The van der Waals surface area contributed by atoms with E-state index in [0.717, 1.165) is 50.3 Å². The molecule has 1 N–H and O–H groups in total. The van der Waals surface area contributed by atoms with Crippen molar-refractivity contribution in [1.82, 2.24) is 24.3 Å². The molecule has 42 heavy (non-hydrogen) atoms. The minimum atomic E-state index is -0.699. The largest absolute Gasteiger partial charge is 0.444 e. The Balaban J connectivity index is 1.05. The van der Waals surface area contributed by atoms with Crippen LogP contribution in [0.5, 0.6) is 0 Å². The molecular weight excluding hydrogens is 540 g/mol. The summed E-state index contributed by atoms with van der Waals surface area (Å²) in [6.07, 6.45) is 1.56. The van der Waals surface area contributed by atoms with E-state index in [1.165, 1.54) is 4.57 Å². The number of ether oxygens (including phenoxy) is 1. The smallest absolute Gasteiger partial charge is 0.410 e. The number of nitrogens with zero attached hydrogens (tertiary/aromatic N) is 5. The van der Waals surface area contributed by atoms with Crippen LogP contribution in [0.15, 0.2) is 23.0 Å². The lowest BCUT2D eigenvalue weighted by molar-refractivity contribution is -0.136. The zero-order valence-electron chi connectivity index (χ0n) is 24.9. The Bertz CT molecular complexity index is 1500. The van der Waals surface area contributed by atoms with E-state index in [-0.39, 0.29) is 29.9 Å². The molecule has 1 aromatic carbocycles. The van der Waals surface area contributed by atoms with Crippen LogP contribution in [0, 0.1) is 11.3 Å². The molecule has 1 aliphatic carbocycles. The van der Waals surface area contributed by atoms with Crippen LogP contribution in [0.25, 0.3) is 11.0 Å². The Morgan fingerprint density at radius 1 is 1.05 bits per heavy atom. The first-order valence-electron chi connectivity index (χ1n) is 14.9. The number of amides is 3. The van der Waals surface area contributed by atoms with Crippen molar-refractivity contribution in [3.63, 3.8) is 0 Å². The molecule has 2 unspecified atom stereocenters. The van der Waals surface area contributed by atoms with Gasteiger partial charge in [0.1, 0.15) is 17.4 Å². The number of piperazine rings is 1. The summed E-state index contributed by atoms with van der Waals surface area (Å²) >= 11 is 0. The second-order valence-electron chi connectivity index (χ2n) is 13.5. The number of ketones is 1. The molecule has 0 radical (unpaired) electrons. The van der Waals surface area contributed by atoms with Gasteiger partial charge in [-0.25, -0.2) is 9.59 Å². The number of aromatic nitrogens is 2. The standard InChI is InChI=1S/C30H40N6O6/c1-29(2,3)42-28(41)35-17-30(18-35)15-19(13-24(30)37)16-33-9-11-34(12-10-33)20-5-6-21-23(14-20)32(4)27(40)36(21)22-7-8-25(38)31-26(22)39/h5-6,14,19,22H,7-13,15-18H2,1-4H3,(H,31,38,39). The van der Waals surface area contributed by atoms with Gasteiger partial charge in [-0.1, -0.05) is 0 Å². The normalized spacial score (nSPS) is 24.8. The second kappa shape index (κ2) is 10.3. The van der Waals surface area contributed by atoms with Gasteiger partial charge < -0.3 is 14.5 Å². The highest BCUT2D eigenvalue weighted by Gasteiger charge is 2.56. The van der Waals surface area contributed by atoms with Gasteiger partial charge in [0.15, 0.2) is 0 Å². The second-order valence-corrected chi connectivity index (χ2v) is 13.5. The highest BCUT2D eigenvalue weighted by molar-refractivity contribution is 6.00. The fraction of sp³-hybridized carbons (Fsp3) is 0.633. The van der Waals surface area contributed by atoms with Crippen LogP contribution in [-0.4, -0.2) is 94.0 Å². The SMILES string of the molecule is Cn1c(=O)n(C2CCC(=O)NC2=O)c2ccc(N3CCN(CC4CC(=O)C5(C4)CN(C(=O)OC(C)(C)C)C5)CC3)cc21. The molecule has 3 saturated heterocycles. The zero-order chi connectivity index (χ0) is 30.0. The third kappa shape index (κ3) is 5.10. The summed E-state index contributed by atoms with van der Waals surface area (Å²) in [6.45, 7) is 10.7. The van der Waals surface area contributed by atoms with Crippen molar-refractivity contribution < 1.29 is 23.9 Å². The molecule has 226 valence electrons. The number of Topliss-reactive ketones (excluding diaryl/α,β-unsaturated/α-hetero) is 1. The van der Waals surface area contributed by atoms with Crippen molar-refractivity contribution in [2.75, 3.05) is 50.7 Å². The Labute approximate surface area is 244 Å². The number of carbonyl (C=O) groups is 4. The molecule has 4 fully saturated rings. The number of nitrogens with one attached hydrogen (secondary N) is 1. The number of hydrogen-bond acceptors (Lipinski definition) is 8. The molecule has 12 nitrogen and oxygen atoms in total. The van der Waals surface area contributed by atoms with Gasteiger partial charge in [-0.05, 0) is 57.7 Å². The molecule has 1 aromatic heterocycles.